The Morgan fingerprint density at radius 1 is 1.16 bits per heavy atom. The van der Waals surface area contributed by atoms with Gasteiger partial charge in [-0.15, -0.1) is 0 Å². The van der Waals surface area contributed by atoms with Gasteiger partial charge >= 0.3 is 0 Å². The van der Waals surface area contributed by atoms with Crippen LogP contribution in [0.1, 0.15) is 36.9 Å². The molecule has 134 valence electrons. The number of benzene rings is 1. The number of hydrogen-bond donors (Lipinski definition) is 2. The van der Waals surface area contributed by atoms with Gasteiger partial charge in [0.15, 0.2) is 0 Å². The molecule has 3 rings (SSSR count). The van der Waals surface area contributed by atoms with Crippen LogP contribution in [0.25, 0.3) is 0 Å². The minimum Gasteiger partial charge on any atom is -0.337 e. The topological polar surface area (TPSA) is 101 Å². The quantitative estimate of drug-likeness (QED) is 0.849. The standard InChI is InChI=1S/C17H21N3O4S/c1-11-12(2)19-24-17(11)20-25(22,23)15-9-7-14(8-10-15)18-16(21)13-5-3-4-6-13/h7-10,13,20H,3-6H2,1-2H3,(H,18,21). The Labute approximate surface area is 146 Å². The van der Waals surface area contributed by atoms with Crippen LogP contribution in [0, 0.1) is 19.8 Å². The lowest BCUT2D eigenvalue weighted by molar-refractivity contribution is -0.119. The fourth-order valence-corrected chi connectivity index (χ4v) is 3.89. The van der Waals surface area contributed by atoms with Crippen LogP contribution in [-0.4, -0.2) is 19.5 Å². The Hall–Kier alpha value is -2.35. The van der Waals surface area contributed by atoms with Crippen LogP contribution < -0.4 is 10.0 Å². The Balaban J connectivity index is 1.70. The van der Waals surface area contributed by atoms with E-state index >= 15 is 0 Å². The highest BCUT2D eigenvalue weighted by atomic mass is 32.2. The van der Waals surface area contributed by atoms with Crippen molar-refractivity contribution >= 4 is 27.5 Å². The molecule has 1 aromatic heterocycles. The number of amides is 1. The molecule has 8 heteroatoms. The zero-order valence-electron chi connectivity index (χ0n) is 14.2. The van der Waals surface area contributed by atoms with Crippen molar-refractivity contribution in [3.8, 4) is 0 Å². The first-order chi connectivity index (χ1) is 11.9. The van der Waals surface area contributed by atoms with Crippen LogP contribution in [0.5, 0.6) is 0 Å². The van der Waals surface area contributed by atoms with Gasteiger partial charge in [-0.2, -0.15) is 0 Å². The zero-order chi connectivity index (χ0) is 18.0. The second-order valence-corrected chi connectivity index (χ2v) is 8.01. The van der Waals surface area contributed by atoms with Crippen LogP contribution in [0.2, 0.25) is 0 Å². The highest BCUT2D eigenvalue weighted by molar-refractivity contribution is 7.92. The van der Waals surface area contributed by atoms with Crippen molar-refractivity contribution in [3.05, 3.63) is 35.5 Å². The summed E-state index contributed by atoms with van der Waals surface area (Å²) in [6.07, 6.45) is 4.00. The van der Waals surface area contributed by atoms with E-state index in [0.717, 1.165) is 25.7 Å². The molecule has 0 spiro atoms. The molecule has 1 fully saturated rings. The predicted octanol–water partition coefficient (Wildman–Crippen LogP) is 3.22. The number of aromatic nitrogens is 1. The molecule has 0 atom stereocenters. The lowest BCUT2D eigenvalue weighted by Crippen LogP contribution is -2.20. The van der Waals surface area contributed by atoms with Gasteiger partial charge in [-0.3, -0.25) is 4.79 Å². The van der Waals surface area contributed by atoms with Gasteiger partial charge in [0.2, 0.25) is 11.8 Å². The first-order valence-electron chi connectivity index (χ1n) is 8.23. The summed E-state index contributed by atoms with van der Waals surface area (Å²) in [6.45, 7) is 3.46. The number of carbonyl (C=O) groups excluding carboxylic acids is 1. The SMILES string of the molecule is Cc1noc(NS(=O)(=O)c2ccc(NC(=O)C3CCCC3)cc2)c1C. The number of carbonyl (C=O) groups is 1. The van der Waals surface area contributed by atoms with E-state index in [9.17, 15) is 13.2 Å². The predicted molar refractivity (Wildman–Crippen MR) is 93.8 cm³/mol. The summed E-state index contributed by atoms with van der Waals surface area (Å²) in [5.74, 6) is 0.165. The third-order valence-electron chi connectivity index (χ3n) is 4.54. The van der Waals surface area contributed by atoms with E-state index in [1.807, 2.05) is 0 Å². The normalized spacial score (nSPS) is 15.3. The molecular weight excluding hydrogens is 342 g/mol. The van der Waals surface area contributed by atoms with E-state index in [1.54, 1.807) is 26.0 Å². The summed E-state index contributed by atoms with van der Waals surface area (Å²) in [7, 11) is -3.78. The Morgan fingerprint density at radius 2 is 1.80 bits per heavy atom. The van der Waals surface area contributed by atoms with E-state index in [1.165, 1.54) is 12.1 Å². The van der Waals surface area contributed by atoms with Crippen molar-refractivity contribution in [2.45, 2.75) is 44.4 Å². The van der Waals surface area contributed by atoms with E-state index in [-0.39, 0.29) is 22.6 Å². The van der Waals surface area contributed by atoms with Crippen molar-refractivity contribution in [1.29, 1.82) is 0 Å². The largest absolute Gasteiger partial charge is 0.337 e. The molecule has 0 unspecified atom stereocenters. The van der Waals surface area contributed by atoms with Gasteiger partial charge in [0.25, 0.3) is 10.0 Å². The Morgan fingerprint density at radius 3 is 2.36 bits per heavy atom. The molecule has 0 radical (unpaired) electrons. The van der Waals surface area contributed by atoms with Gasteiger partial charge in [-0.25, -0.2) is 13.1 Å². The monoisotopic (exact) mass is 363 g/mol. The summed E-state index contributed by atoms with van der Waals surface area (Å²) in [5, 5.41) is 6.57. The van der Waals surface area contributed by atoms with Gasteiger partial charge < -0.3 is 9.84 Å². The smallest absolute Gasteiger partial charge is 0.264 e. The van der Waals surface area contributed by atoms with E-state index in [2.05, 4.69) is 15.2 Å². The lowest BCUT2D eigenvalue weighted by Gasteiger charge is -2.11. The summed E-state index contributed by atoms with van der Waals surface area (Å²) in [4.78, 5) is 12.2. The lowest BCUT2D eigenvalue weighted by atomic mass is 10.1. The molecular formula is C17H21N3O4S. The highest BCUT2D eigenvalue weighted by Crippen LogP contribution is 2.26. The number of nitrogens with zero attached hydrogens (tertiary/aromatic N) is 1. The van der Waals surface area contributed by atoms with Gasteiger partial charge in [0, 0.05) is 17.2 Å². The molecule has 0 aliphatic heterocycles. The van der Waals surface area contributed by atoms with Crippen LogP contribution in [0.3, 0.4) is 0 Å². The molecule has 0 saturated heterocycles. The van der Waals surface area contributed by atoms with Crippen LogP contribution in [0.4, 0.5) is 11.6 Å². The summed E-state index contributed by atoms with van der Waals surface area (Å²) >= 11 is 0. The van der Waals surface area contributed by atoms with Gasteiger partial charge in [0.1, 0.15) is 0 Å². The van der Waals surface area contributed by atoms with E-state index in [0.29, 0.717) is 16.9 Å². The maximum Gasteiger partial charge on any atom is 0.264 e. The minimum absolute atomic E-state index is 0.000933. The average Bonchev–Trinajstić information content (AvgIpc) is 3.21. The van der Waals surface area contributed by atoms with Crippen molar-refractivity contribution in [2.75, 3.05) is 10.0 Å². The van der Waals surface area contributed by atoms with E-state index < -0.39 is 10.0 Å². The average molecular weight is 363 g/mol. The number of sulfonamides is 1. The third-order valence-corrected chi connectivity index (χ3v) is 5.89. The van der Waals surface area contributed by atoms with Gasteiger partial charge in [-0.05, 0) is 51.0 Å². The first kappa shape index (κ1) is 17.5. The number of hydrogen-bond acceptors (Lipinski definition) is 5. The molecule has 25 heavy (non-hydrogen) atoms. The van der Waals surface area contributed by atoms with Crippen LogP contribution >= 0.6 is 0 Å². The summed E-state index contributed by atoms with van der Waals surface area (Å²) < 4.78 is 32.2. The van der Waals surface area contributed by atoms with Gasteiger partial charge in [0.05, 0.1) is 10.6 Å². The number of rotatable bonds is 5. The third kappa shape index (κ3) is 3.84. The number of anilines is 2. The highest BCUT2D eigenvalue weighted by Gasteiger charge is 2.23. The van der Waals surface area contributed by atoms with Crippen molar-refractivity contribution in [1.82, 2.24) is 5.16 Å². The maximum absolute atomic E-state index is 12.4. The fraction of sp³-hybridized carbons (Fsp3) is 0.412. The van der Waals surface area contributed by atoms with Crippen LogP contribution in [-0.2, 0) is 14.8 Å². The molecule has 1 aliphatic rings. The van der Waals surface area contributed by atoms with Crippen LogP contribution in [0.15, 0.2) is 33.7 Å². The van der Waals surface area contributed by atoms with Gasteiger partial charge in [-0.1, -0.05) is 18.0 Å². The molecule has 2 N–H and O–H groups in total. The fourth-order valence-electron chi connectivity index (χ4n) is 2.84. The minimum atomic E-state index is -3.78. The maximum atomic E-state index is 12.4. The molecule has 1 heterocycles. The molecule has 1 aliphatic carbocycles. The van der Waals surface area contributed by atoms with Crippen molar-refractivity contribution < 1.29 is 17.7 Å². The van der Waals surface area contributed by atoms with Crippen molar-refractivity contribution in [3.63, 3.8) is 0 Å². The summed E-state index contributed by atoms with van der Waals surface area (Å²) in [6, 6.07) is 6.07. The Bertz CT molecular complexity index is 866. The molecule has 2 aromatic rings. The van der Waals surface area contributed by atoms with E-state index in [4.69, 9.17) is 4.52 Å². The number of nitrogens with one attached hydrogen (secondary N) is 2. The second kappa shape index (κ2) is 6.87. The van der Waals surface area contributed by atoms with Crippen molar-refractivity contribution in [2.24, 2.45) is 5.92 Å². The molecule has 0 bridgehead atoms. The molecule has 1 aromatic carbocycles. The molecule has 1 amide bonds. The molecule has 1 saturated carbocycles. The summed E-state index contributed by atoms with van der Waals surface area (Å²) in [5.41, 5.74) is 1.86. The second-order valence-electron chi connectivity index (χ2n) is 6.32. The number of aryl methyl sites for hydroxylation is 1. The zero-order valence-corrected chi connectivity index (χ0v) is 15.0. The molecule has 7 nitrogen and oxygen atoms in total. The Kier molecular flexibility index (Phi) is 4.80. The first-order valence-corrected chi connectivity index (χ1v) is 9.72.